The van der Waals surface area contributed by atoms with E-state index in [4.69, 9.17) is 26.8 Å². The molecule has 162 valence electrons. The number of aromatic nitrogens is 3. The third kappa shape index (κ3) is 3.66. The number of fused-ring (bicyclic) bond motifs is 1. The van der Waals surface area contributed by atoms with Crippen molar-refractivity contribution in [2.75, 3.05) is 20.8 Å². The van der Waals surface area contributed by atoms with Crippen LogP contribution in [0.1, 0.15) is 47.4 Å². The van der Waals surface area contributed by atoms with E-state index in [2.05, 4.69) is 58.9 Å². The highest BCUT2D eigenvalue weighted by Gasteiger charge is 2.32. The normalized spacial score (nSPS) is 18.6. The van der Waals surface area contributed by atoms with Crippen LogP contribution in [-0.4, -0.2) is 40.0 Å². The Labute approximate surface area is 188 Å². The first kappa shape index (κ1) is 20.3. The molecule has 2 aliphatic rings. The van der Waals surface area contributed by atoms with Crippen LogP contribution in [-0.2, 0) is 13.1 Å². The summed E-state index contributed by atoms with van der Waals surface area (Å²) in [5, 5.41) is 4.80. The Kier molecular flexibility index (Phi) is 5.32. The summed E-state index contributed by atoms with van der Waals surface area (Å²) in [7, 11) is 3.38. The van der Waals surface area contributed by atoms with Crippen LogP contribution >= 0.6 is 12.2 Å². The van der Waals surface area contributed by atoms with Gasteiger partial charge in [0.15, 0.2) is 16.3 Å². The van der Waals surface area contributed by atoms with Gasteiger partial charge in [-0.25, -0.2) is 4.68 Å². The Balaban J connectivity index is 1.57. The van der Waals surface area contributed by atoms with Gasteiger partial charge >= 0.3 is 0 Å². The average Bonchev–Trinajstić information content (AvgIpc) is 3.58. The summed E-state index contributed by atoms with van der Waals surface area (Å²) in [6, 6.07) is 15.5. The van der Waals surface area contributed by atoms with E-state index in [0.717, 1.165) is 35.1 Å². The fraction of sp³-hybridized carbons (Fsp3) is 0.417. The largest absolute Gasteiger partial charge is 0.493 e. The number of nitrogens with zero attached hydrogens (tertiary/aromatic N) is 4. The van der Waals surface area contributed by atoms with E-state index in [1.54, 1.807) is 14.2 Å². The van der Waals surface area contributed by atoms with Gasteiger partial charge in [-0.3, -0.25) is 4.90 Å². The minimum absolute atomic E-state index is 0.0954. The topological polar surface area (TPSA) is 44.5 Å². The molecule has 0 radical (unpaired) electrons. The molecule has 0 spiro atoms. The monoisotopic (exact) mass is 436 g/mol. The molecule has 1 atom stereocenters. The Hall–Kier alpha value is -2.64. The molecule has 0 amide bonds. The van der Waals surface area contributed by atoms with E-state index in [0.29, 0.717) is 12.7 Å². The predicted octanol–water partition coefficient (Wildman–Crippen LogP) is 4.68. The van der Waals surface area contributed by atoms with Crippen molar-refractivity contribution in [3.8, 4) is 11.5 Å². The van der Waals surface area contributed by atoms with Crippen molar-refractivity contribution >= 4 is 12.2 Å². The highest BCUT2D eigenvalue weighted by atomic mass is 32.1. The van der Waals surface area contributed by atoms with Gasteiger partial charge in [0.2, 0.25) is 0 Å². The van der Waals surface area contributed by atoms with Crippen molar-refractivity contribution in [1.29, 1.82) is 0 Å². The van der Waals surface area contributed by atoms with Gasteiger partial charge in [0.05, 0.1) is 26.9 Å². The number of rotatable bonds is 6. The second kappa shape index (κ2) is 8.13. The second-order valence-corrected chi connectivity index (χ2v) is 8.72. The zero-order valence-electron chi connectivity index (χ0n) is 18.2. The SMILES string of the molecule is COc1cc2c(cc1OC)[C@H](c1ccccc1)N(Cn1nc(C)n(C3CC3)c1=S)CC2. The molecule has 0 unspecified atom stereocenters. The summed E-state index contributed by atoms with van der Waals surface area (Å²) in [4.78, 5) is 2.46. The van der Waals surface area contributed by atoms with Gasteiger partial charge in [0.25, 0.3) is 0 Å². The highest BCUT2D eigenvalue weighted by molar-refractivity contribution is 7.71. The Morgan fingerprint density at radius 2 is 1.77 bits per heavy atom. The Bertz CT molecular complexity index is 1150. The molecule has 1 aliphatic heterocycles. The summed E-state index contributed by atoms with van der Waals surface area (Å²) in [6.45, 7) is 3.63. The van der Waals surface area contributed by atoms with Crippen molar-refractivity contribution in [3.63, 3.8) is 0 Å². The third-order valence-electron chi connectivity index (χ3n) is 6.36. The quantitative estimate of drug-likeness (QED) is 0.525. The van der Waals surface area contributed by atoms with Crippen LogP contribution in [0.5, 0.6) is 11.5 Å². The first-order valence-corrected chi connectivity index (χ1v) is 11.2. The van der Waals surface area contributed by atoms with Crippen molar-refractivity contribution in [2.45, 2.75) is 44.9 Å². The fourth-order valence-corrected chi connectivity index (χ4v) is 5.10. The van der Waals surface area contributed by atoms with Crippen LogP contribution < -0.4 is 9.47 Å². The van der Waals surface area contributed by atoms with E-state index < -0.39 is 0 Å². The molecule has 0 bridgehead atoms. The summed E-state index contributed by atoms with van der Waals surface area (Å²) in [5.41, 5.74) is 3.80. The molecule has 2 aromatic carbocycles. The summed E-state index contributed by atoms with van der Waals surface area (Å²) in [5.74, 6) is 2.55. The van der Waals surface area contributed by atoms with Gasteiger partial charge in [-0.2, -0.15) is 5.10 Å². The molecule has 31 heavy (non-hydrogen) atoms. The third-order valence-corrected chi connectivity index (χ3v) is 6.76. The lowest BCUT2D eigenvalue weighted by Gasteiger charge is -2.37. The number of hydrogen-bond acceptors (Lipinski definition) is 5. The van der Waals surface area contributed by atoms with Crippen LogP contribution in [0.3, 0.4) is 0 Å². The average molecular weight is 437 g/mol. The molecule has 0 saturated heterocycles. The molecule has 0 N–H and O–H groups in total. The van der Waals surface area contributed by atoms with Crippen LogP contribution in [0.25, 0.3) is 0 Å². The molecule has 1 aliphatic carbocycles. The number of benzene rings is 2. The van der Waals surface area contributed by atoms with Crippen LogP contribution in [0.2, 0.25) is 0 Å². The predicted molar refractivity (Wildman–Crippen MR) is 122 cm³/mol. The number of ether oxygens (including phenoxy) is 2. The smallest absolute Gasteiger partial charge is 0.199 e. The van der Waals surface area contributed by atoms with Gasteiger partial charge in [-0.05, 0) is 67.2 Å². The summed E-state index contributed by atoms with van der Waals surface area (Å²) in [6.07, 6.45) is 3.34. The molecule has 6 nitrogen and oxygen atoms in total. The first-order valence-electron chi connectivity index (χ1n) is 10.8. The van der Waals surface area contributed by atoms with E-state index in [9.17, 15) is 0 Å². The Morgan fingerprint density at radius 3 is 2.45 bits per heavy atom. The van der Waals surface area contributed by atoms with Crippen molar-refractivity contribution in [1.82, 2.24) is 19.2 Å². The van der Waals surface area contributed by atoms with Gasteiger partial charge < -0.3 is 14.0 Å². The lowest BCUT2D eigenvalue weighted by Crippen LogP contribution is -2.37. The summed E-state index contributed by atoms with van der Waals surface area (Å²) < 4.78 is 16.2. The standard InChI is InChI=1S/C24H28N4O2S/c1-16-25-27(24(31)28(16)19-9-10-19)15-26-12-11-18-13-21(29-2)22(30-3)14-20(18)23(26)17-7-5-4-6-8-17/h4-8,13-14,19,23H,9-12,15H2,1-3H3/t23-/m0/s1. The van der Waals surface area contributed by atoms with E-state index in [1.165, 1.54) is 29.5 Å². The van der Waals surface area contributed by atoms with Crippen LogP contribution in [0.15, 0.2) is 42.5 Å². The molecule has 1 aromatic heterocycles. The van der Waals surface area contributed by atoms with Gasteiger partial charge in [-0.1, -0.05) is 30.3 Å². The lowest BCUT2D eigenvalue weighted by atomic mass is 9.88. The molecular formula is C24H28N4O2S. The zero-order chi connectivity index (χ0) is 21.5. The maximum atomic E-state index is 5.80. The molecule has 2 heterocycles. The summed E-state index contributed by atoms with van der Waals surface area (Å²) >= 11 is 5.80. The molecule has 1 saturated carbocycles. The second-order valence-electron chi connectivity index (χ2n) is 8.35. The van der Waals surface area contributed by atoms with E-state index >= 15 is 0 Å². The fourth-order valence-electron chi connectivity index (χ4n) is 4.72. The molecule has 7 heteroatoms. The van der Waals surface area contributed by atoms with E-state index in [-0.39, 0.29) is 6.04 Å². The zero-order valence-corrected chi connectivity index (χ0v) is 19.1. The van der Waals surface area contributed by atoms with Crippen molar-refractivity contribution < 1.29 is 9.47 Å². The molecule has 1 fully saturated rings. The lowest BCUT2D eigenvalue weighted by molar-refractivity contribution is 0.154. The van der Waals surface area contributed by atoms with E-state index in [1.807, 2.05) is 4.68 Å². The molecular weight excluding hydrogens is 408 g/mol. The highest BCUT2D eigenvalue weighted by Crippen LogP contribution is 2.41. The van der Waals surface area contributed by atoms with Gasteiger partial charge in [-0.15, -0.1) is 0 Å². The van der Waals surface area contributed by atoms with Crippen molar-refractivity contribution in [2.24, 2.45) is 0 Å². The van der Waals surface area contributed by atoms with Crippen molar-refractivity contribution in [3.05, 3.63) is 69.8 Å². The number of methoxy groups -OCH3 is 2. The first-order chi connectivity index (χ1) is 15.1. The maximum Gasteiger partial charge on any atom is 0.199 e. The van der Waals surface area contributed by atoms with Gasteiger partial charge in [0, 0.05) is 12.6 Å². The van der Waals surface area contributed by atoms with Gasteiger partial charge in [0.1, 0.15) is 5.82 Å². The van der Waals surface area contributed by atoms with Crippen LogP contribution in [0, 0.1) is 11.7 Å². The number of hydrogen-bond donors (Lipinski definition) is 0. The minimum Gasteiger partial charge on any atom is -0.493 e. The molecule has 3 aromatic rings. The maximum absolute atomic E-state index is 5.80. The minimum atomic E-state index is 0.0954. The van der Waals surface area contributed by atoms with Crippen LogP contribution in [0.4, 0.5) is 0 Å². The Morgan fingerprint density at radius 1 is 1.06 bits per heavy atom. The molecule has 5 rings (SSSR count). The number of aryl methyl sites for hydroxylation is 1.